The lowest BCUT2D eigenvalue weighted by molar-refractivity contribution is -0.132. The van der Waals surface area contributed by atoms with Gasteiger partial charge in [-0.3, -0.25) is 14.5 Å². The molecule has 2 aromatic carbocycles. The molecule has 0 saturated carbocycles. The molecule has 5 rings (SSSR count). The number of anilines is 1. The first-order valence-electron chi connectivity index (χ1n) is 14.2. The molecular weight excluding hydrogens is 572 g/mol. The van der Waals surface area contributed by atoms with Crippen LogP contribution in [-0.2, 0) is 20.7 Å². The molecule has 1 saturated heterocycles. The summed E-state index contributed by atoms with van der Waals surface area (Å²) in [7, 11) is 1.26. The highest BCUT2D eigenvalue weighted by atomic mass is 32.1. The summed E-state index contributed by atoms with van der Waals surface area (Å²) in [6.07, 6.45) is 2.47. The van der Waals surface area contributed by atoms with Gasteiger partial charge in [-0.2, -0.15) is 0 Å². The molecule has 1 aromatic heterocycles. The molecule has 11 heteroatoms. The van der Waals surface area contributed by atoms with Crippen molar-refractivity contribution in [1.82, 2.24) is 4.98 Å². The number of unbranched alkanes of at least 4 members (excludes halogenated alkanes) is 1. The maximum atomic E-state index is 13.7. The van der Waals surface area contributed by atoms with Crippen LogP contribution in [0.1, 0.15) is 71.7 Å². The van der Waals surface area contributed by atoms with Crippen LogP contribution in [0, 0.1) is 6.92 Å². The fourth-order valence-electron chi connectivity index (χ4n) is 5.25. The first-order chi connectivity index (χ1) is 20.7. The smallest absolute Gasteiger partial charge is 0.350 e. The molecule has 2 aliphatic rings. The molecule has 10 nitrogen and oxygen atoms in total. The van der Waals surface area contributed by atoms with Crippen LogP contribution in [-0.4, -0.2) is 54.2 Å². The lowest BCUT2D eigenvalue weighted by Crippen LogP contribution is -2.29. The van der Waals surface area contributed by atoms with Gasteiger partial charge in [0.2, 0.25) is 0 Å². The third kappa shape index (κ3) is 5.69. The highest BCUT2D eigenvalue weighted by molar-refractivity contribution is 7.17. The number of fused-ring (bicyclic) bond motifs is 1. The number of aliphatic hydroxyl groups is 1. The van der Waals surface area contributed by atoms with Crippen LogP contribution in [0.15, 0.2) is 42.0 Å². The molecule has 0 radical (unpaired) electrons. The molecule has 1 N–H and O–H groups in total. The average molecular weight is 607 g/mol. The zero-order valence-corrected chi connectivity index (χ0v) is 25.6. The molecule has 2 aliphatic heterocycles. The maximum absolute atomic E-state index is 13.7. The number of thiazole rings is 1. The zero-order chi connectivity index (χ0) is 30.8. The number of methoxy groups -OCH3 is 1. The van der Waals surface area contributed by atoms with E-state index in [9.17, 15) is 19.5 Å². The SMILES string of the molecule is CCCCOc1ccc([C@H]2/C(=C(\O)c3ccc4c(c3)C[C@@H](C)O4)C(=O)C(=O)N2c2nc(C)c(C(=O)OC)s2)cc1OCC. The summed E-state index contributed by atoms with van der Waals surface area (Å²) >= 11 is 0.941. The van der Waals surface area contributed by atoms with Crippen LogP contribution in [0.5, 0.6) is 17.2 Å². The van der Waals surface area contributed by atoms with Crippen molar-refractivity contribution in [3.05, 3.63) is 69.2 Å². The van der Waals surface area contributed by atoms with Crippen molar-refractivity contribution in [2.75, 3.05) is 25.2 Å². The van der Waals surface area contributed by atoms with Gasteiger partial charge in [-0.25, -0.2) is 9.78 Å². The number of nitrogens with zero attached hydrogens (tertiary/aromatic N) is 2. The Morgan fingerprint density at radius 2 is 1.93 bits per heavy atom. The molecule has 1 amide bonds. The molecular formula is C32H34N2O8S. The molecule has 0 bridgehead atoms. The van der Waals surface area contributed by atoms with Crippen molar-refractivity contribution in [2.45, 2.75) is 59.1 Å². The van der Waals surface area contributed by atoms with E-state index in [0.29, 0.717) is 48.0 Å². The van der Waals surface area contributed by atoms with E-state index >= 15 is 0 Å². The van der Waals surface area contributed by atoms with Gasteiger partial charge in [0.05, 0.1) is 37.6 Å². The number of Topliss-reactive ketones (excluding diaryl/α,β-unsaturated/α-hetero) is 1. The minimum Gasteiger partial charge on any atom is -0.507 e. The van der Waals surface area contributed by atoms with Gasteiger partial charge in [-0.05, 0) is 68.7 Å². The lowest BCUT2D eigenvalue weighted by Gasteiger charge is -2.24. The highest BCUT2D eigenvalue weighted by Gasteiger charge is 2.48. The molecule has 43 heavy (non-hydrogen) atoms. The Bertz CT molecular complexity index is 1610. The highest BCUT2D eigenvalue weighted by Crippen LogP contribution is 2.46. The molecule has 226 valence electrons. The Balaban J connectivity index is 1.68. The second-order valence-corrected chi connectivity index (χ2v) is 11.3. The topological polar surface area (TPSA) is 124 Å². The van der Waals surface area contributed by atoms with Gasteiger partial charge >= 0.3 is 11.9 Å². The van der Waals surface area contributed by atoms with Gasteiger partial charge in [0.15, 0.2) is 16.6 Å². The Morgan fingerprint density at radius 3 is 2.65 bits per heavy atom. The molecule has 0 aliphatic carbocycles. The number of ether oxygens (including phenoxy) is 4. The van der Waals surface area contributed by atoms with Gasteiger partial charge in [0, 0.05) is 12.0 Å². The number of hydrogen-bond acceptors (Lipinski definition) is 10. The number of rotatable bonds is 10. The van der Waals surface area contributed by atoms with E-state index in [2.05, 4.69) is 11.9 Å². The summed E-state index contributed by atoms with van der Waals surface area (Å²) in [4.78, 5) is 45.7. The van der Waals surface area contributed by atoms with E-state index < -0.39 is 23.7 Å². The number of ketones is 1. The Kier molecular flexibility index (Phi) is 8.72. The van der Waals surface area contributed by atoms with E-state index in [0.717, 1.165) is 35.5 Å². The third-order valence-electron chi connectivity index (χ3n) is 7.31. The van der Waals surface area contributed by atoms with Gasteiger partial charge in [0.1, 0.15) is 22.5 Å². The van der Waals surface area contributed by atoms with Crippen LogP contribution in [0.25, 0.3) is 5.76 Å². The van der Waals surface area contributed by atoms with Crippen molar-refractivity contribution >= 4 is 39.9 Å². The fraction of sp³-hybridized carbons (Fsp3) is 0.375. The number of benzene rings is 2. The number of esters is 1. The maximum Gasteiger partial charge on any atom is 0.350 e. The molecule has 0 spiro atoms. The largest absolute Gasteiger partial charge is 0.507 e. The van der Waals surface area contributed by atoms with Gasteiger partial charge in [-0.15, -0.1) is 0 Å². The number of hydrogen-bond donors (Lipinski definition) is 1. The predicted octanol–water partition coefficient (Wildman–Crippen LogP) is 5.77. The summed E-state index contributed by atoms with van der Waals surface area (Å²) in [5, 5.41) is 11.8. The first-order valence-corrected chi connectivity index (χ1v) is 15.1. The van der Waals surface area contributed by atoms with Crippen molar-refractivity contribution in [1.29, 1.82) is 0 Å². The normalized spacial score (nSPS) is 18.9. The van der Waals surface area contributed by atoms with E-state index in [1.165, 1.54) is 12.0 Å². The van der Waals surface area contributed by atoms with Gasteiger partial charge in [0.25, 0.3) is 5.78 Å². The van der Waals surface area contributed by atoms with Crippen molar-refractivity contribution in [3.8, 4) is 17.2 Å². The Labute approximate surface area is 253 Å². The molecule has 1 fully saturated rings. The van der Waals surface area contributed by atoms with E-state index in [4.69, 9.17) is 18.9 Å². The number of aryl methyl sites for hydroxylation is 1. The van der Waals surface area contributed by atoms with E-state index in [1.807, 2.05) is 13.8 Å². The number of carbonyl (C=O) groups is 3. The summed E-state index contributed by atoms with van der Waals surface area (Å²) in [6, 6.07) is 9.30. The number of carbonyl (C=O) groups excluding carboxylic acids is 3. The average Bonchev–Trinajstić information content (AvgIpc) is 3.64. The van der Waals surface area contributed by atoms with Crippen LogP contribution in [0.3, 0.4) is 0 Å². The van der Waals surface area contributed by atoms with Crippen LogP contribution >= 0.6 is 11.3 Å². The Morgan fingerprint density at radius 1 is 1.14 bits per heavy atom. The predicted molar refractivity (Wildman–Crippen MR) is 161 cm³/mol. The molecule has 3 heterocycles. The van der Waals surface area contributed by atoms with Crippen LogP contribution in [0.4, 0.5) is 5.13 Å². The minimum atomic E-state index is -1.07. The quantitative estimate of drug-likeness (QED) is 0.101. The summed E-state index contributed by atoms with van der Waals surface area (Å²) < 4.78 is 22.5. The summed E-state index contributed by atoms with van der Waals surface area (Å²) in [5.74, 6) is -0.989. The fourth-order valence-corrected chi connectivity index (χ4v) is 6.26. The van der Waals surface area contributed by atoms with Crippen LogP contribution in [0.2, 0.25) is 0 Å². The molecule has 2 atom stereocenters. The van der Waals surface area contributed by atoms with Crippen molar-refractivity contribution in [3.63, 3.8) is 0 Å². The zero-order valence-electron chi connectivity index (χ0n) is 24.8. The molecule has 3 aromatic rings. The first kappa shape index (κ1) is 30.1. The summed E-state index contributed by atoms with van der Waals surface area (Å²) in [6.45, 7) is 8.36. The van der Waals surface area contributed by atoms with Gasteiger partial charge in [-0.1, -0.05) is 30.7 Å². The van der Waals surface area contributed by atoms with Crippen molar-refractivity contribution < 1.29 is 38.4 Å². The molecule has 0 unspecified atom stereocenters. The minimum absolute atomic E-state index is 0.00910. The monoisotopic (exact) mass is 606 g/mol. The van der Waals surface area contributed by atoms with Crippen LogP contribution < -0.4 is 19.1 Å². The lowest BCUT2D eigenvalue weighted by atomic mass is 9.94. The summed E-state index contributed by atoms with van der Waals surface area (Å²) in [5.41, 5.74) is 2.03. The van der Waals surface area contributed by atoms with E-state index in [1.54, 1.807) is 43.3 Å². The number of aliphatic hydroxyl groups excluding tert-OH is 1. The van der Waals surface area contributed by atoms with E-state index in [-0.39, 0.29) is 27.4 Å². The second-order valence-electron chi connectivity index (χ2n) is 10.4. The third-order valence-corrected chi connectivity index (χ3v) is 8.45. The second kappa shape index (κ2) is 12.5. The van der Waals surface area contributed by atoms with Crippen molar-refractivity contribution in [2.24, 2.45) is 0 Å². The standard InChI is InChI=1S/C32H34N2O8S/c1-6-8-13-41-23-12-9-19(16-24(23)40-7-2)26-25(27(35)20-10-11-22-21(15-20)14-17(3)42-22)28(36)30(37)34(26)32-33-18(4)29(43-32)31(38)39-5/h9-12,15-17,26,35H,6-8,13-14H2,1-5H3/b27-25+/t17-,26+/m1/s1. The number of amides is 1. The Hall–Kier alpha value is -4.38. The number of aromatic nitrogens is 1. The van der Waals surface area contributed by atoms with Gasteiger partial charge < -0.3 is 24.1 Å².